The molecule has 0 spiro atoms. The van der Waals surface area contributed by atoms with E-state index in [1.54, 1.807) is 23.5 Å². The second-order valence-electron chi connectivity index (χ2n) is 3.89. The van der Waals surface area contributed by atoms with Gasteiger partial charge in [-0.2, -0.15) is 0 Å². The van der Waals surface area contributed by atoms with E-state index in [9.17, 15) is 4.79 Å². The fraction of sp³-hybridized carbons (Fsp3) is 0.154. The fourth-order valence-corrected chi connectivity index (χ4v) is 2.95. The molecule has 0 saturated carbocycles. The highest BCUT2D eigenvalue weighted by Gasteiger charge is 2.05. The monoisotopic (exact) mass is 324 g/mol. The zero-order chi connectivity index (χ0) is 13.0. The number of carbonyl (C=O) groups is 1. The SMILES string of the molecule is Nc1ccc(CC(=O)NCc2sccc2Br)cc1. The second-order valence-corrected chi connectivity index (χ2v) is 5.74. The molecule has 0 unspecified atom stereocenters. The molecule has 0 saturated heterocycles. The first-order chi connectivity index (χ1) is 8.65. The highest BCUT2D eigenvalue weighted by molar-refractivity contribution is 9.10. The van der Waals surface area contributed by atoms with E-state index in [-0.39, 0.29) is 5.91 Å². The summed E-state index contributed by atoms with van der Waals surface area (Å²) in [5.41, 5.74) is 7.27. The topological polar surface area (TPSA) is 55.1 Å². The summed E-state index contributed by atoms with van der Waals surface area (Å²) < 4.78 is 1.04. The predicted molar refractivity (Wildman–Crippen MR) is 78.4 cm³/mol. The second kappa shape index (κ2) is 6.02. The molecule has 94 valence electrons. The van der Waals surface area contributed by atoms with Crippen molar-refractivity contribution in [1.82, 2.24) is 5.32 Å². The normalized spacial score (nSPS) is 10.3. The van der Waals surface area contributed by atoms with Gasteiger partial charge in [0.15, 0.2) is 0 Å². The molecule has 2 aromatic rings. The minimum absolute atomic E-state index is 0.0140. The molecule has 0 bridgehead atoms. The molecule has 1 aromatic carbocycles. The van der Waals surface area contributed by atoms with Crippen LogP contribution < -0.4 is 11.1 Å². The summed E-state index contributed by atoms with van der Waals surface area (Å²) in [6.07, 6.45) is 0.378. The summed E-state index contributed by atoms with van der Waals surface area (Å²) in [5, 5.41) is 4.89. The number of nitrogens with two attached hydrogens (primary N) is 1. The molecule has 0 atom stereocenters. The van der Waals surface area contributed by atoms with E-state index in [2.05, 4.69) is 21.2 Å². The van der Waals surface area contributed by atoms with Gasteiger partial charge in [0.05, 0.1) is 13.0 Å². The Balaban J connectivity index is 1.86. The predicted octanol–water partition coefficient (Wildman–Crippen LogP) is 2.95. The van der Waals surface area contributed by atoms with Gasteiger partial charge in [0, 0.05) is 15.0 Å². The molecular weight excluding hydrogens is 312 g/mol. The van der Waals surface area contributed by atoms with Crippen molar-refractivity contribution in [3.63, 3.8) is 0 Å². The summed E-state index contributed by atoms with van der Waals surface area (Å²) in [7, 11) is 0. The molecule has 1 heterocycles. The molecule has 18 heavy (non-hydrogen) atoms. The van der Waals surface area contributed by atoms with Crippen LogP contribution in [0.3, 0.4) is 0 Å². The van der Waals surface area contributed by atoms with Gasteiger partial charge in [-0.05, 0) is 45.1 Å². The molecule has 0 radical (unpaired) electrons. The van der Waals surface area contributed by atoms with Crippen molar-refractivity contribution in [1.29, 1.82) is 0 Å². The van der Waals surface area contributed by atoms with Crippen LogP contribution in [0, 0.1) is 0 Å². The largest absolute Gasteiger partial charge is 0.399 e. The Kier molecular flexibility index (Phi) is 4.38. The van der Waals surface area contributed by atoms with Gasteiger partial charge >= 0.3 is 0 Å². The van der Waals surface area contributed by atoms with Crippen LogP contribution in [0.15, 0.2) is 40.2 Å². The maximum absolute atomic E-state index is 11.8. The van der Waals surface area contributed by atoms with E-state index < -0.39 is 0 Å². The third-order valence-corrected chi connectivity index (χ3v) is 4.41. The minimum Gasteiger partial charge on any atom is -0.399 e. The molecule has 1 amide bonds. The smallest absolute Gasteiger partial charge is 0.224 e. The van der Waals surface area contributed by atoms with E-state index in [0.717, 1.165) is 14.9 Å². The number of nitrogen functional groups attached to an aromatic ring is 1. The average Bonchev–Trinajstić information content (AvgIpc) is 2.75. The maximum atomic E-state index is 11.8. The number of hydrogen-bond donors (Lipinski definition) is 2. The van der Waals surface area contributed by atoms with Crippen molar-refractivity contribution in [3.8, 4) is 0 Å². The Hall–Kier alpha value is -1.33. The molecule has 0 aliphatic rings. The van der Waals surface area contributed by atoms with Crippen molar-refractivity contribution in [2.24, 2.45) is 0 Å². The number of carbonyl (C=O) groups excluding carboxylic acids is 1. The summed E-state index contributed by atoms with van der Waals surface area (Å²) in [6.45, 7) is 0.562. The van der Waals surface area contributed by atoms with Crippen molar-refractivity contribution < 1.29 is 4.79 Å². The number of halogens is 1. The lowest BCUT2D eigenvalue weighted by Crippen LogP contribution is -2.24. The van der Waals surface area contributed by atoms with E-state index >= 15 is 0 Å². The number of rotatable bonds is 4. The lowest BCUT2D eigenvalue weighted by Gasteiger charge is -2.05. The Morgan fingerprint density at radius 2 is 2.00 bits per heavy atom. The summed E-state index contributed by atoms with van der Waals surface area (Å²) in [4.78, 5) is 12.9. The molecule has 1 aromatic heterocycles. The molecule has 5 heteroatoms. The van der Waals surface area contributed by atoms with Crippen LogP contribution in [-0.2, 0) is 17.8 Å². The van der Waals surface area contributed by atoms with Crippen molar-refractivity contribution in [3.05, 3.63) is 50.6 Å². The Bertz CT molecular complexity index is 536. The zero-order valence-electron chi connectivity index (χ0n) is 9.65. The number of benzene rings is 1. The number of anilines is 1. The first kappa shape index (κ1) is 13.1. The maximum Gasteiger partial charge on any atom is 0.224 e. The Morgan fingerprint density at radius 3 is 2.61 bits per heavy atom. The van der Waals surface area contributed by atoms with Gasteiger partial charge in [-0.25, -0.2) is 0 Å². The molecule has 3 N–H and O–H groups in total. The third kappa shape index (κ3) is 3.58. The van der Waals surface area contributed by atoms with Gasteiger partial charge < -0.3 is 11.1 Å². The van der Waals surface area contributed by atoms with Crippen LogP contribution in [0.5, 0.6) is 0 Å². The molecule has 0 aliphatic carbocycles. The van der Waals surface area contributed by atoms with Crippen molar-refractivity contribution in [2.75, 3.05) is 5.73 Å². The summed E-state index contributed by atoms with van der Waals surface area (Å²) >= 11 is 5.06. The lowest BCUT2D eigenvalue weighted by atomic mass is 10.1. The zero-order valence-corrected chi connectivity index (χ0v) is 12.1. The van der Waals surface area contributed by atoms with Gasteiger partial charge in [0.2, 0.25) is 5.91 Å². The standard InChI is InChI=1S/C13H13BrN2OS/c14-11-5-6-18-12(11)8-16-13(17)7-9-1-3-10(15)4-2-9/h1-6H,7-8,15H2,(H,16,17). The lowest BCUT2D eigenvalue weighted by molar-refractivity contribution is -0.120. The number of hydrogen-bond acceptors (Lipinski definition) is 3. The van der Waals surface area contributed by atoms with Crippen molar-refractivity contribution in [2.45, 2.75) is 13.0 Å². The first-order valence-corrected chi connectivity index (χ1v) is 7.15. The summed E-state index contributed by atoms with van der Waals surface area (Å²) in [5.74, 6) is 0.0140. The molecule has 0 fully saturated rings. The van der Waals surface area contributed by atoms with Gasteiger partial charge in [0.1, 0.15) is 0 Å². The highest BCUT2D eigenvalue weighted by atomic mass is 79.9. The minimum atomic E-state index is 0.0140. The van der Waals surface area contributed by atoms with E-state index in [0.29, 0.717) is 18.7 Å². The van der Waals surface area contributed by atoms with Gasteiger partial charge in [-0.1, -0.05) is 12.1 Å². The molecule has 0 aliphatic heterocycles. The van der Waals surface area contributed by atoms with E-state index in [1.807, 2.05) is 23.6 Å². The van der Waals surface area contributed by atoms with E-state index in [1.165, 1.54) is 0 Å². The van der Waals surface area contributed by atoms with Crippen LogP contribution in [0.4, 0.5) is 5.69 Å². The van der Waals surface area contributed by atoms with Crippen LogP contribution in [0.2, 0.25) is 0 Å². The number of nitrogens with one attached hydrogen (secondary N) is 1. The third-order valence-electron chi connectivity index (χ3n) is 2.48. The van der Waals surface area contributed by atoms with Crippen LogP contribution >= 0.6 is 27.3 Å². The van der Waals surface area contributed by atoms with Gasteiger partial charge in [-0.3, -0.25) is 4.79 Å². The molecular formula is C13H13BrN2OS. The summed E-state index contributed by atoms with van der Waals surface area (Å²) in [6, 6.07) is 9.33. The quantitative estimate of drug-likeness (QED) is 0.849. The van der Waals surface area contributed by atoms with Crippen LogP contribution in [0.1, 0.15) is 10.4 Å². The highest BCUT2D eigenvalue weighted by Crippen LogP contribution is 2.22. The average molecular weight is 325 g/mol. The Labute approximate surface area is 118 Å². The molecule has 2 rings (SSSR count). The number of amides is 1. The first-order valence-electron chi connectivity index (χ1n) is 5.48. The number of thiophene rings is 1. The Morgan fingerprint density at radius 1 is 1.28 bits per heavy atom. The van der Waals surface area contributed by atoms with Gasteiger partial charge in [-0.15, -0.1) is 11.3 Å². The van der Waals surface area contributed by atoms with Crippen molar-refractivity contribution >= 4 is 38.9 Å². The van der Waals surface area contributed by atoms with Crippen LogP contribution in [-0.4, -0.2) is 5.91 Å². The van der Waals surface area contributed by atoms with Crippen LogP contribution in [0.25, 0.3) is 0 Å². The molecule has 3 nitrogen and oxygen atoms in total. The van der Waals surface area contributed by atoms with E-state index in [4.69, 9.17) is 5.73 Å². The van der Waals surface area contributed by atoms with Gasteiger partial charge in [0.25, 0.3) is 0 Å². The fourth-order valence-electron chi connectivity index (χ4n) is 1.51.